The Labute approximate surface area is 66.3 Å². The van der Waals surface area contributed by atoms with Crippen LogP contribution in [0.3, 0.4) is 0 Å². The molecule has 0 aliphatic heterocycles. The molecule has 2 nitrogen and oxygen atoms in total. The smallest absolute Gasteiger partial charge is 0.0641 e. The molecule has 2 N–H and O–H groups in total. The highest BCUT2D eigenvalue weighted by atomic mass is 14.6. The van der Waals surface area contributed by atoms with Crippen molar-refractivity contribution in [2.75, 3.05) is 0 Å². The summed E-state index contributed by atoms with van der Waals surface area (Å²) in [5.41, 5.74) is 6.71. The van der Waals surface area contributed by atoms with Crippen LogP contribution in [0.25, 0.3) is 0 Å². The van der Waals surface area contributed by atoms with E-state index in [0.29, 0.717) is 6.42 Å². The van der Waals surface area contributed by atoms with Gasteiger partial charge in [0.1, 0.15) is 0 Å². The molecule has 0 aliphatic carbocycles. The summed E-state index contributed by atoms with van der Waals surface area (Å²) in [7, 11) is 0. The molecule has 0 heterocycles. The van der Waals surface area contributed by atoms with Crippen molar-refractivity contribution in [2.45, 2.75) is 12.5 Å². The molecule has 0 spiro atoms. The van der Waals surface area contributed by atoms with Crippen molar-refractivity contribution in [3.8, 4) is 6.07 Å². The number of nitriles is 1. The maximum absolute atomic E-state index is 8.37. The zero-order chi connectivity index (χ0) is 8.10. The normalized spacial score (nSPS) is 12.0. The summed E-state index contributed by atoms with van der Waals surface area (Å²) in [6, 6.07) is 11.5. The molecule has 56 valence electrons. The first-order chi connectivity index (χ1) is 5.34. The molecule has 0 aromatic heterocycles. The number of nitrogens with two attached hydrogens (primary N) is 1. The molecule has 0 radical (unpaired) electrons. The van der Waals surface area contributed by atoms with Gasteiger partial charge in [-0.15, -0.1) is 0 Å². The summed E-state index contributed by atoms with van der Waals surface area (Å²) >= 11 is 0. The highest BCUT2D eigenvalue weighted by molar-refractivity contribution is 5.19. The van der Waals surface area contributed by atoms with Gasteiger partial charge in [-0.05, 0) is 5.56 Å². The maximum atomic E-state index is 8.37. The Bertz CT molecular complexity index is 248. The fourth-order valence-corrected chi connectivity index (χ4v) is 0.916. The van der Waals surface area contributed by atoms with Gasteiger partial charge in [-0.25, -0.2) is 0 Å². The lowest BCUT2D eigenvalue weighted by Gasteiger charge is -2.05. The van der Waals surface area contributed by atoms with E-state index in [1.54, 1.807) is 0 Å². The van der Waals surface area contributed by atoms with Crippen molar-refractivity contribution >= 4 is 0 Å². The van der Waals surface area contributed by atoms with Crippen molar-refractivity contribution in [3.05, 3.63) is 35.9 Å². The second kappa shape index (κ2) is 3.75. The van der Waals surface area contributed by atoms with Crippen molar-refractivity contribution < 1.29 is 0 Å². The van der Waals surface area contributed by atoms with Crippen LogP contribution in [0.5, 0.6) is 0 Å². The Morgan fingerprint density at radius 1 is 1.36 bits per heavy atom. The monoisotopic (exact) mass is 146 g/mol. The summed E-state index contributed by atoms with van der Waals surface area (Å²) in [6.07, 6.45) is 0.379. The highest BCUT2D eigenvalue weighted by Crippen LogP contribution is 2.11. The van der Waals surface area contributed by atoms with Gasteiger partial charge >= 0.3 is 0 Å². The highest BCUT2D eigenvalue weighted by Gasteiger charge is 2.02. The van der Waals surface area contributed by atoms with Crippen LogP contribution >= 0.6 is 0 Å². The van der Waals surface area contributed by atoms with E-state index >= 15 is 0 Å². The minimum Gasteiger partial charge on any atom is -0.323 e. The van der Waals surface area contributed by atoms with E-state index in [1.165, 1.54) is 0 Å². The Morgan fingerprint density at radius 3 is 2.55 bits per heavy atom. The summed E-state index contributed by atoms with van der Waals surface area (Å²) in [5, 5.41) is 8.37. The fourth-order valence-electron chi connectivity index (χ4n) is 0.916. The molecule has 0 bridgehead atoms. The van der Waals surface area contributed by atoms with Crippen LogP contribution in [-0.2, 0) is 0 Å². The van der Waals surface area contributed by atoms with Gasteiger partial charge in [0.25, 0.3) is 0 Å². The molecular weight excluding hydrogens is 136 g/mol. The number of hydrogen-bond acceptors (Lipinski definition) is 2. The van der Waals surface area contributed by atoms with Crippen LogP contribution in [0, 0.1) is 11.3 Å². The average Bonchev–Trinajstić information content (AvgIpc) is 2.07. The van der Waals surface area contributed by atoms with Crippen LogP contribution in [0.1, 0.15) is 18.0 Å². The van der Waals surface area contributed by atoms with Crippen molar-refractivity contribution in [3.63, 3.8) is 0 Å². The minimum absolute atomic E-state index is 0.138. The van der Waals surface area contributed by atoms with Gasteiger partial charge in [-0.3, -0.25) is 0 Å². The van der Waals surface area contributed by atoms with E-state index in [1.807, 2.05) is 36.4 Å². The average molecular weight is 146 g/mol. The molecule has 1 rings (SSSR count). The molecule has 11 heavy (non-hydrogen) atoms. The third-order valence-corrected chi connectivity index (χ3v) is 1.54. The van der Waals surface area contributed by atoms with Crippen LogP contribution in [-0.4, -0.2) is 0 Å². The van der Waals surface area contributed by atoms with Gasteiger partial charge in [0.05, 0.1) is 12.5 Å². The molecule has 0 aliphatic rings. The molecule has 2 heteroatoms. The summed E-state index contributed by atoms with van der Waals surface area (Å²) in [4.78, 5) is 0. The lowest BCUT2D eigenvalue weighted by molar-refractivity contribution is 0.748. The molecule has 0 saturated heterocycles. The first kappa shape index (κ1) is 7.77. The van der Waals surface area contributed by atoms with E-state index < -0.39 is 0 Å². The molecular formula is C9H10N2. The van der Waals surface area contributed by atoms with E-state index in [2.05, 4.69) is 0 Å². The number of rotatable bonds is 2. The van der Waals surface area contributed by atoms with Crippen LogP contribution < -0.4 is 5.73 Å². The van der Waals surface area contributed by atoms with Crippen LogP contribution in [0.15, 0.2) is 30.3 Å². The van der Waals surface area contributed by atoms with Gasteiger partial charge in [-0.1, -0.05) is 30.3 Å². The fraction of sp³-hybridized carbons (Fsp3) is 0.222. The Hall–Kier alpha value is -1.33. The molecule has 0 fully saturated rings. The standard InChI is InChI=1S/C9H10N2/c10-7-6-9(11)8-4-2-1-3-5-8/h1-5,9H,6,11H2/t9-/m1/s1. The van der Waals surface area contributed by atoms with Gasteiger partial charge < -0.3 is 5.73 Å². The first-order valence-electron chi connectivity index (χ1n) is 3.52. The topological polar surface area (TPSA) is 49.8 Å². The van der Waals surface area contributed by atoms with Gasteiger partial charge in [0.2, 0.25) is 0 Å². The number of nitrogens with zero attached hydrogens (tertiary/aromatic N) is 1. The Balaban J connectivity index is 2.70. The molecule has 0 amide bonds. The Morgan fingerprint density at radius 2 is 2.00 bits per heavy atom. The zero-order valence-electron chi connectivity index (χ0n) is 6.20. The van der Waals surface area contributed by atoms with E-state index in [-0.39, 0.29) is 6.04 Å². The van der Waals surface area contributed by atoms with E-state index in [9.17, 15) is 0 Å². The molecule has 1 aromatic rings. The van der Waals surface area contributed by atoms with Gasteiger partial charge in [-0.2, -0.15) is 5.26 Å². The summed E-state index contributed by atoms with van der Waals surface area (Å²) in [5.74, 6) is 0. The molecule has 0 saturated carbocycles. The second-order valence-electron chi connectivity index (χ2n) is 2.38. The second-order valence-corrected chi connectivity index (χ2v) is 2.38. The van der Waals surface area contributed by atoms with Crippen molar-refractivity contribution in [1.29, 1.82) is 5.26 Å². The third kappa shape index (κ3) is 2.06. The van der Waals surface area contributed by atoms with E-state index in [4.69, 9.17) is 11.0 Å². The van der Waals surface area contributed by atoms with Gasteiger partial charge in [0, 0.05) is 6.04 Å². The predicted octanol–water partition coefficient (Wildman–Crippen LogP) is 1.60. The van der Waals surface area contributed by atoms with Gasteiger partial charge in [0.15, 0.2) is 0 Å². The largest absolute Gasteiger partial charge is 0.323 e. The lowest BCUT2D eigenvalue weighted by atomic mass is 10.1. The molecule has 0 unspecified atom stereocenters. The molecule has 1 atom stereocenters. The quantitative estimate of drug-likeness (QED) is 0.689. The maximum Gasteiger partial charge on any atom is 0.0641 e. The zero-order valence-corrected chi connectivity index (χ0v) is 6.20. The van der Waals surface area contributed by atoms with Crippen LogP contribution in [0.2, 0.25) is 0 Å². The lowest BCUT2D eigenvalue weighted by Crippen LogP contribution is -2.08. The number of benzene rings is 1. The molecule has 1 aromatic carbocycles. The Kier molecular flexibility index (Phi) is 2.65. The SMILES string of the molecule is N#CC[C@@H](N)c1ccccc1. The van der Waals surface area contributed by atoms with Crippen molar-refractivity contribution in [1.82, 2.24) is 0 Å². The van der Waals surface area contributed by atoms with E-state index in [0.717, 1.165) is 5.56 Å². The summed E-state index contributed by atoms with van der Waals surface area (Å²) in [6.45, 7) is 0. The minimum atomic E-state index is -0.138. The van der Waals surface area contributed by atoms with Crippen LogP contribution in [0.4, 0.5) is 0 Å². The summed E-state index contributed by atoms with van der Waals surface area (Å²) < 4.78 is 0. The predicted molar refractivity (Wildman–Crippen MR) is 43.6 cm³/mol. The number of hydrogen-bond donors (Lipinski definition) is 1. The third-order valence-electron chi connectivity index (χ3n) is 1.54. The van der Waals surface area contributed by atoms with Crippen molar-refractivity contribution in [2.24, 2.45) is 5.73 Å². The first-order valence-corrected chi connectivity index (χ1v) is 3.52.